The molecule has 9 heteroatoms. The smallest absolute Gasteiger partial charge is 0.225 e. The van der Waals surface area contributed by atoms with Crippen molar-refractivity contribution in [3.8, 4) is 11.5 Å². The average Bonchev–Trinajstić information content (AvgIpc) is 2.84. The number of methoxy groups -OCH3 is 2. The van der Waals surface area contributed by atoms with Crippen LogP contribution in [0.1, 0.15) is 25.7 Å². The van der Waals surface area contributed by atoms with Gasteiger partial charge >= 0.3 is 0 Å². The van der Waals surface area contributed by atoms with Crippen molar-refractivity contribution in [2.75, 3.05) is 43.8 Å². The molecule has 0 unspecified atom stereocenters. The van der Waals surface area contributed by atoms with Gasteiger partial charge in [-0.3, -0.25) is 0 Å². The normalized spacial score (nSPS) is 17.6. The molecule has 1 fully saturated rings. The monoisotopic (exact) mass is 480 g/mol. The van der Waals surface area contributed by atoms with Crippen LogP contribution in [0.25, 0.3) is 10.9 Å². The van der Waals surface area contributed by atoms with Crippen LogP contribution in [0.15, 0.2) is 42.5 Å². The van der Waals surface area contributed by atoms with E-state index in [0.717, 1.165) is 48.1 Å². The summed E-state index contributed by atoms with van der Waals surface area (Å²) in [5.41, 5.74) is 1.78. The average molecular weight is 481 g/mol. The molecule has 1 heterocycles. The SMILES string of the molecule is COc1cc(NC(=S)N[C@H]2CC[C@@H](Nc3nc(N(C)C)c4ccccc4n3)CC2)cc(OC)c1. The van der Waals surface area contributed by atoms with Crippen molar-refractivity contribution < 1.29 is 9.47 Å². The molecular weight excluding hydrogens is 448 g/mol. The molecular formula is C25H32N6O2S. The molecule has 0 radical (unpaired) electrons. The quantitative estimate of drug-likeness (QED) is 0.426. The first-order chi connectivity index (χ1) is 16.4. The highest BCUT2D eigenvalue weighted by Crippen LogP contribution is 2.27. The lowest BCUT2D eigenvalue weighted by atomic mass is 9.91. The largest absolute Gasteiger partial charge is 0.497 e. The van der Waals surface area contributed by atoms with E-state index in [2.05, 4.69) is 22.0 Å². The van der Waals surface area contributed by atoms with Crippen LogP contribution >= 0.6 is 12.2 Å². The van der Waals surface area contributed by atoms with E-state index in [1.807, 2.05) is 55.4 Å². The molecule has 4 rings (SSSR count). The number of thiocarbonyl (C=S) groups is 1. The van der Waals surface area contributed by atoms with Gasteiger partial charge in [-0.15, -0.1) is 0 Å². The van der Waals surface area contributed by atoms with E-state index in [-0.39, 0.29) is 0 Å². The summed E-state index contributed by atoms with van der Waals surface area (Å²) in [7, 11) is 7.28. The van der Waals surface area contributed by atoms with Gasteiger partial charge in [0.2, 0.25) is 5.95 Å². The summed E-state index contributed by atoms with van der Waals surface area (Å²) >= 11 is 5.55. The van der Waals surface area contributed by atoms with Gasteiger partial charge in [-0.1, -0.05) is 12.1 Å². The van der Waals surface area contributed by atoms with Crippen LogP contribution in [0, 0.1) is 0 Å². The Morgan fingerprint density at radius 1 is 0.941 bits per heavy atom. The number of para-hydroxylation sites is 1. The van der Waals surface area contributed by atoms with Gasteiger partial charge in [-0.05, 0) is 50.0 Å². The number of nitrogens with one attached hydrogen (secondary N) is 3. The molecule has 0 amide bonds. The van der Waals surface area contributed by atoms with Crippen molar-refractivity contribution in [2.45, 2.75) is 37.8 Å². The number of fused-ring (bicyclic) bond motifs is 1. The summed E-state index contributed by atoms with van der Waals surface area (Å²) in [5, 5.41) is 11.9. The zero-order chi connectivity index (χ0) is 24.1. The maximum Gasteiger partial charge on any atom is 0.225 e. The van der Waals surface area contributed by atoms with Gasteiger partial charge in [0.05, 0.1) is 19.7 Å². The minimum Gasteiger partial charge on any atom is -0.497 e. The molecule has 0 spiro atoms. The topological polar surface area (TPSA) is 83.6 Å². The number of anilines is 3. The fourth-order valence-corrected chi connectivity index (χ4v) is 4.55. The Morgan fingerprint density at radius 3 is 2.24 bits per heavy atom. The molecule has 0 bridgehead atoms. The summed E-state index contributed by atoms with van der Waals surface area (Å²) < 4.78 is 10.7. The molecule has 1 aliphatic carbocycles. The predicted octanol–water partition coefficient (Wildman–Crippen LogP) is 4.42. The van der Waals surface area contributed by atoms with Crippen LogP contribution in [0.4, 0.5) is 17.5 Å². The third-order valence-corrected chi connectivity index (χ3v) is 6.23. The Balaban J connectivity index is 1.32. The Hall–Kier alpha value is -3.33. The third-order valence-electron chi connectivity index (χ3n) is 6.01. The molecule has 0 saturated heterocycles. The van der Waals surface area contributed by atoms with Crippen molar-refractivity contribution in [3.63, 3.8) is 0 Å². The molecule has 8 nitrogen and oxygen atoms in total. The second kappa shape index (κ2) is 10.7. The third kappa shape index (κ3) is 5.77. The van der Waals surface area contributed by atoms with Crippen LogP contribution in [-0.2, 0) is 0 Å². The van der Waals surface area contributed by atoms with Gasteiger partial charge in [0.25, 0.3) is 0 Å². The lowest BCUT2D eigenvalue weighted by Gasteiger charge is -2.30. The first-order valence-electron chi connectivity index (χ1n) is 11.5. The number of hydrogen-bond acceptors (Lipinski definition) is 7. The zero-order valence-corrected chi connectivity index (χ0v) is 20.9. The van der Waals surface area contributed by atoms with E-state index in [4.69, 9.17) is 31.7 Å². The van der Waals surface area contributed by atoms with Crippen LogP contribution in [-0.4, -0.2) is 55.5 Å². The highest BCUT2D eigenvalue weighted by Gasteiger charge is 2.23. The van der Waals surface area contributed by atoms with Crippen LogP contribution in [0.3, 0.4) is 0 Å². The van der Waals surface area contributed by atoms with Crippen LogP contribution in [0.2, 0.25) is 0 Å². The van der Waals surface area contributed by atoms with Crippen molar-refractivity contribution >= 4 is 45.7 Å². The summed E-state index contributed by atoms with van der Waals surface area (Å²) in [6.07, 6.45) is 4.05. The van der Waals surface area contributed by atoms with E-state index in [9.17, 15) is 0 Å². The van der Waals surface area contributed by atoms with E-state index < -0.39 is 0 Å². The van der Waals surface area contributed by atoms with Crippen LogP contribution < -0.4 is 30.3 Å². The second-order valence-electron chi connectivity index (χ2n) is 8.68. The van der Waals surface area contributed by atoms with Gasteiger partial charge in [-0.2, -0.15) is 4.98 Å². The van der Waals surface area contributed by atoms with Gasteiger partial charge in [0.1, 0.15) is 17.3 Å². The lowest BCUT2D eigenvalue weighted by Crippen LogP contribution is -2.42. The van der Waals surface area contributed by atoms with Gasteiger partial charge in [0, 0.05) is 55.5 Å². The van der Waals surface area contributed by atoms with Crippen molar-refractivity contribution in [2.24, 2.45) is 0 Å². The molecule has 0 atom stereocenters. The maximum atomic E-state index is 5.55. The number of rotatable bonds is 7. The molecule has 3 aromatic rings. The standard InChI is InChI=1S/C25H32N6O2S/c1-31(2)23-21-7-5-6-8-22(21)29-24(30-23)26-16-9-11-17(12-10-16)27-25(34)28-18-13-19(32-3)15-20(14-18)33-4/h5-8,13-17H,9-12H2,1-4H3,(H,26,29,30)(H2,27,28,34)/t16-,17+. The number of nitrogens with zero attached hydrogens (tertiary/aromatic N) is 3. The van der Waals surface area contributed by atoms with E-state index in [0.29, 0.717) is 34.6 Å². The van der Waals surface area contributed by atoms with Crippen molar-refractivity contribution in [3.05, 3.63) is 42.5 Å². The van der Waals surface area contributed by atoms with E-state index >= 15 is 0 Å². The number of benzene rings is 2. The molecule has 2 aromatic carbocycles. The minimum absolute atomic E-state index is 0.320. The Kier molecular flexibility index (Phi) is 7.52. The Bertz CT molecular complexity index is 1130. The van der Waals surface area contributed by atoms with Crippen LogP contribution in [0.5, 0.6) is 11.5 Å². The number of ether oxygens (including phenoxy) is 2. The van der Waals surface area contributed by atoms with Gasteiger partial charge in [-0.25, -0.2) is 4.98 Å². The minimum atomic E-state index is 0.320. The van der Waals surface area contributed by atoms with E-state index in [1.54, 1.807) is 14.2 Å². The Labute approximate surface area is 206 Å². The molecule has 3 N–H and O–H groups in total. The number of aromatic nitrogens is 2. The lowest BCUT2D eigenvalue weighted by molar-refractivity contribution is 0.387. The summed E-state index contributed by atoms with van der Waals surface area (Å²) in [4.78, 5) is 11.5. The molecule has 1 aliphatic rings. The predicted molar refractivity (Wildman–Crippen MR) is 142 cm³/mol. The highest BCUT2D eigenvalue weighted by atomic mass is 32.1. The first kappa shape index (κ1) is 23.8. The highest BCUT2D eigenvalue weighted by molar-refractivity contribution is 7.80. The molecule has 180 valence electrons. The molecule has 1 saturated carbocycles. The first-order valence-corrected chi connectivity index (χ1v) is 11.9. The molecule has 34 heavy (non-hydrogen) atoms. The van der Waals surface area contributed by atoms with Crippen molar-refractivity contribution in [1.82, 2.24) is 15.3 Å². The van der Waals surface area contributed by atoms with Gasteiger partial charge < -0.3 is 30.3 Å². The summed E-state index contributed by atoms with van der Waals surface area (Å²) in [6, 6.07) is 14.4. The second-order valence-corrected chi connectivity index (χ2v) is 9.08. The molecule has 0 aliphatic heterocycles. The number of hydrogen-bond donors (Lipinski definition) is 3. The van der Waals surface area contributed by atoms with Gasteiger partial charge in [0.15, 0.2) is 5.11 Å². The Morgan fingerprint density at radius 2 is 1.59 bits per heavy atom. The fourth-order valence-electron chi connectivity index (χ4n) is 4.26. The zero-order valence-electron chi connectivity index (χ0n) is 20.1. The molecule has 1 aromatic heterocycles. The van der Waals surface area contributed by atoms with Crippen molar-refractivity contribution in [1.29, 1.82) is 0 Å². The van der Waals surface area contributed by atoms with E-state index in [1.165, 1.54) is 0 Å². The summed E-state index contributed by atoms with van der Waals surface area (Å²) in [6.45, 7) is 0. The maximum absolute atomic E-state index is 5.55. The fraction of sp³-hybridized carbons (Fsp3) is 0.400. The summed E-state index contributed by atoms with van der Waals surface area (Å²) in [5.74, 6) is 3.03.